The number of rotatable bonds is 4. The molecule has 0 spiro atoms. The Bertz CT molecular complexity index is 1610. The van der Waals surface area contributed by atoms with Crippen LogP contribution in [0.15, 0.2) is 64.8 Å². The predicted octanol–water partition coefficient (Wildman–Crippen LogP) is 4.83. The van der Waals surface area contributed by atoms with Crippen LogP contribution in [-0.2, 0) is 7.05 Å². The van der Waals surface area contributed by atoms with Gasteiger partial charge in [0.15, 0.2) is 5.69 Å². The van der Waals surface area contributed by atoms with Gasteiger partial charge in [0.2, 0.25) is 0 Å². The summed E-state index contributed by atoms with van der Waals surface area (Å²) in [4.78, 5) is 30.5. The third-order valence-corrected chi connectivity index (χ3v) is 6.79. The maximum Gasteiger partial charge on any atom is 0.291 e. The fraction of sp³-hybridized carbons (Fsp3) is 0.154. The smallest absolute Gasteiger partial charge is 0.267 e. The van der Waals surface area contributed by atoms with E-state index in [1.807, 2.05) is 25.3 Å². The second-order valence-electron chi connectivity index (χ2n) is 8.29. The molecule has 1 amide bonds. The van der Waals surface area contributed by atoms with Gasteiger partial charge in [-0.2, -0.15) is 5.10 Å². The number of thiazole rings is 1. The molecule has 5 rings (SSSR count). The molecule has 0 atom stereocenters. The van der Waals surface area contributed by atoms with Crippen molar-refractivity contribution in [2.45, 2.75) is 20.8 Å². The van der Waals surface area contributed by atoms with E-state index in [1.165, 1.54) is 10.2 Å². The number of hydrogen-bond acceptors (Lipinski definition) is 5. The summed E-state index contributed by atoms with van der Waals surface area (Å²) < 4.78 is 2.93. The summed E-state index contributed by atoms with van der Waals surface area (Å²) in [5, 5.41) is 8.19. The maximum atomic E-state index is 13.2. The first kappa shape index (κ1) is 21.8. The van der Waals surface area contributed by atoms with Crippen LogP contribution in [0.2, 0.25) is 0 Å². The highest BCUT2D eigenvalue weighted by atomic mass is 32.1. The van der Waals surface area contributed by atoms with E-state index in [2.05, 4.69) is 41.7 Å². The first-order valence-electron chi connectivity index (χ1n) is 10.8. The Hall–Kier alpha value is -4.04. The largest absolute Gasteiger partial charge is 0.291 e. The molecule has 3 aromatic heterocycles. The zero-order valence-corrected chi connectivity index (χ0v) is 20.1. The van der Waals surface area contributed by atoms with Crippen molar-refractivity contribution in [2.24, 2.45) is 7.05 Å². The summed E-state index contributed by atoms with van der Waals surface area (Å²) in [6, 6.07) is 17.3. The number of aryl methyl sites for hydroxylation is 3. The quantitative estimate of drug-likeness (QED) is 0.409. The van der Waals surface area contributed by atoms with Crippen LogP contribution in [-0.4, -0.2) is 25.3 Å². The summed E-state index contributed by atoms with van der Waals surface area (Å²) in [6.45, 7) is 5.93. The molecule has 2 aromatic carbocycles. The van der Waals surface area contributed by atoms with Crippen LogP contribution in [0, 0.1) is 20.8 Å². The normalized spacial score (nSPS) is 11.2. The highest BCUT2D eigenvalue weighted by Crippen LogP contribution is 2.32. The molecule has 0 fully saturated rings. The van der Waals surface area contributed by atoms with Gasteiger partial charge in [0, 0.05) is 40.3 Å². The molecule has 0 saturated heterocycles. The van der Waals surface area contributed by atoms with Gasteiger partial charge in [0.1, 0.15) is 5.01 Å². The number of carbonyl (C=O) groups is 1. The Morgan fingerprint density at radius 2 is 1.71 bits per heavy atom. The van der Waals surface area contributed by atoms with Crippen LogP contribution in [0.25, 0.3) is 32.6 Å². The van der Waals surface area contributed by atoms with Gasteiger partial charge in [-0.25, -0.2) is 9.67 Å². The number of hydrogen-bond donors (Lipinski definition) is 1. The van der Waals surface area contributed by atoms with Crippen LogP contribution in [0.3, 0.4) is 0 Å². The third kappa shape index (κ3) is 3.72. The molecule has 0 unspecified atom stereocenters. The van der Waals surface area contributed by atoms with Gasteiger partial charge in [0.25, 0.3) is 11.5 Å². The molecule has 5 aromatic rings. The Kier molecular flexibility index (Phi) is 5.37. The molecule has 0 radical (unpaired) electrons. The monoisotopic (exact) mass is 469 g/mol. The van der Waals surface area contributed by atoms with Crippen LogP contribution in [0.1, 0.15) is 27.4 Å². The molecule has 0 aliphatic rings. The van der Waals surface area contributed by atoms with E-state index in [4.69, 9.17) is 4.98 Å². The highest BCUT2D eigenvalue weighted by molar-refractivity contribution is 7.13. The number of nitrogens with one attached hydrogen (secondary N) is 1. The van der Waals surface area contributed by atoms with E-state index >= 15 is 0 Å². The van der Waals surface area contributed by atoms with Gasteiger partial charge in [-0.05, 0) is 32.9 Å². The van der Waals surface area contributed by atoms with Crippen LogP contribution >= 0.6 is 11.3 Å². The lowest BCUT2D eigenvalue weighted by molar-refractivity contribution is 0.100. The highest BCUT2D eigenvalue weighted by Gasteiger charge is 2.19. The average molecular weight is 470 g/mol. The van der Waals surface area contributed by atoms with Crippen molar-refractivity contribution >= 4 is 28.0 Å². The van der Waals surface area contributed by atoms with E-state index in [-0.39, 0.29) is 11.3 Å². The van der Waals surface area contributed by atoms with Gasteiger partial charge in [-0.15, -0.1) is 11.3 Å². The molecule has 7 nitrogen and oxygen atoms in total. The lowest BCUT2D eigenvalue weighted by atomic mass is 10.1. The van der Waals surface area contributed by atoms with E-state index in [9.17, 15) is 9.59 Å². The molecule has 0 aliphatic heterocycles. The zero-order valence-electron chi connectivity index (χ0n) is 19.3. The minimum Gasteiger partial charge on any atom is -0.267 e. The number of nitrogens with zero attached hydrogens (tertiary/aromatic N) is 4. The van der Waals surface area contributed by atoms with Gasteiger partial charge in [-0.1, -0.05) is 48.0 Å². The number of aromatic nitrogens is 4. The molecule has 0 saturated carbocycles. The third-order valence-electron chi connectivity index (χ3n) is 5.89. The van der Waals surface area contributed by atoms with Crippen LogP contribution < -0.4 is 11.0 Å². The number of benzene rings is 2. The summed E-state index contributed by atoms with van der Waals surface area (Å²) >= 11 is 1.59. The first-order valence-corrected chi connectivity index (χ1v) is 11.7. The second-order valence-corrected chi connectivity index (χ2v) is 9.15. The van der Waals surface area contributed by atoms with Crippen molar-refractivity contribution < 1.29 is 4.79 Å². The fourth-order valence-corrected chi connectivity index (χ4v) is 4.87. The van der Waals surface area contributed by atoms with Crippen molar-refractivity contribution in [1.29, 1.82) is 0 Å². The minimum absolute atomic E-state index is 0.196. The van der Waals surface area contributed by atoms with Crippen molar-refractivity contribution in [2.75, 3.05) is 5.43 Å². The summed E-state index contributed by atoms with van der Waals surface area (Å²) in [5.74, 6) is -0.390. The zero-order chi connectivity index (χ0) is 24.0. The topological polar surface area (TPSA) is 81.8 Å². The van der Waals surface area contributed by atoms with E-state index in [1.54, 1.807) is 47.3 Å². The van der Waals surface area contributed by atoms with E-state index in [0.29, 0.717) is 10.8 Å². The molecule has 170 valence electrons. The van der Waals surface area contributed by atoms with Crippen LogP contribution in [0.5, 0.6) is 0 Å². The molecule has 0 bridgehead atoms. The maximum absolute atomic E-state index is 13.2. The van der Waals surface area contributed by atoms with E-state index in [0.717, 1.165) is 33.2 Å². The van der Waals surface area contributed by atoms with Gasteiger partial charge in [-0.3, -0.25) is 19.7 Å². The Morgan fingerprint density at radius 3 is 2.44 bits per heavy atom. The van der Waals surface area contributed by atoms with Crippen molar-refractivity contribution in [3.05, 3.63) is 93.0 Å². The van der Waals surface area contributed by atoms with Gasteiger partial charge >= 0.3 is 0 Å². The number of amides is 1. The van der Waals surface area contributed by atoms with Crippen molar-refractivity contribution in [3.63, 3.8) is 0 Å². The average Bonchev–Trinajstić information content (AvgIpc) is 3.42. The molecule has 8 heteroatoms. The lowest BCUT2D eigenvalue weighted by Gasteiger charge is -2.13. The van der Waals surface area contributed by atoms with Gasteiger partial charge < -0.3 is 0 Å². The summed E-state index contributed by atoms with van der Waals surface area (Å²) in [7, 11) is 1.55. The van der Waals surface area contributed by atoms with Gasteiger partial charge in [0.05, 0.1) is 11.1 Å². The lowest BCUT2D eigenvalue weighted by Crippen LogP contribution is -2.29. The Balaban J connectivity index is 1.49. The first-order chi connectivity index (χ1) is 16.3. The number of carbonyl (C=O) groups excluding carboxylic acids is 1. The van der Waals surface area contributed by atoms with Crippen LogP contribution in [0.4, 0.5) is 0 Å². The van der Waals surface area contributed by atoms with Crippen molar-refractivity contribution in [1.82, 2.24) is 19.4 Å². The minimum atomic E-state index is -0.390. The second kappa shape index (κ2) is 8.39. The number of fused-ring (bicyclic) bond motifs is 1. The molecule has 34 heavy (non-hydrogen) atoms. The predicted molar refractivity (Wildman–Crippen MR) is 136 cm³/mol. The Morgan fingerprint density at radius 1 is 1.00 bits per heavy atom. The molecular weight excluding hydrogens is 446 g/mol. The van der Waals surface area contributed by atoms with E-state index < -0.39 is 5.91 Å². The SMILES string of the molecule is Cc1ccc(-c2nc(-c3cc(C)n(NC(=O)c4nn(C)c(=O)c5ccccc45)c3C)cs2)cc1. The summed E-state index contributed by atoms with van der Waals surface area (Å²) in [6.07, 6.45) is 0. The molecule has 0 aliphatic carbocycles. The standard InChI is InChI=1S/C26H23N5O2S/c1-15-9-11-18(12-10-15)25-27-22(14-34-25)21-13-16(2)31(17(21)3)29-24(32)23-19-7-5-6-8-20(19)26(33)30(4)28-23/h5-14H,1-4H3,(H,29,32). The fourth-order valence-electron chi connectivity index (χ4n) is 4.04. The molecular formula is C26H23N5O2S. The molecule has 1 N–H and O–H groups in total. The summed E-state index contributed by atoms with van der Waals surface area (Å²) in [5.41, 5.74) is 8.72. The molecule has 3 heterocycles. The Labute approximate surface area is 200 Å². The van der Waals surface area contributed by atoms with Crippen molar-refractivity contribution in [3.8, 4) is 21.8 Å².